The van der Waals surface area contributed by atoms with Gasteiger partial charge in [-0.25, -0.2) is 4.79 Å². The van der Waals surface area contributed by atoms with E-state index in [9.17, 15) is 9.59 Å². The summed E-state index contributed by atoms with van der Waals surface area (Å²) in [4.78, 5) is 27.8. The number of rotatable bonds is 8. The van der Waals surface area contributed by atoms with Crippen molar-refractivity contribution in [1.29, 1.82) is 0 Å². The lowest BCUT2D eigenvalue weighted by atomic mass is 10.1. The van der Waals surface area contributed by atoms with E-state index in [2.05, 4.69) is 10.3 Å². The number of nitrogens with one attached hydrogen (secondary N) is 2. The second-order valence-corrected chi connectivity index (χ2v) is 6.40. The van der Waals surface area contributed by atoms with E-state index in [0.717, 1.165) is 5.75 Å². The molecule has 0 spiro atoms. The van der Waals surface area contributed by atoms with E-state index in [-0.39, 0.29) is 18.6 Å². The fraction of sp³-hybridized carbons (Fsp3) is 0.400. The number of benzene rings is 1. The lowest BCUT2D eigenvalue weighted by Gasteiger charge is -2.10. The summed E-state index contributed by atoms with van der Waals surface area (Å²) >= 11 is 0. The average Bonchev–Trinajstić information content (AvgIpc) is 2.91. The lowest BCUT2D eigenvalue weighted by Crippen LogP contribution is -2.15. The summed E-state index contributed by atoms with van der Waals surface area (Å²) in [5, 5.41) is 2.81. The highest BCUT2D eigenvalue weighted by atomic mass is 16.6. The smallest absolute Gasteiger partial charge is 0.340 e. The molecule has 0 saturated heterocycles. The molecule has 2 N–H and O–H groups in total. The number of aryl methyl sites for hydroxylation is 1. The third-order valence-corrected chi connectivity index (χ3v) is 3.87. The van der Waals surface area contributed by atoms with Gasteiger partial charge in [0.15, 0.2) is 0 Å². The summed E-state index contributed by atoms with van der Waals surface area (Å²) in [5.74, 6) is -0.0763. The molecule has 1 aromatic carbocycles. The van der Waals surface area contributed by atoms with E-state index >= 15 is 0 Å². The quantitative estimate of drug-likeness (QED) is 0.545. The third-order valence-electron chi connectivity index (χ3n) is 3.87. The summed E-state index contributed by atoms with van der Waals surface area (Å²) in [6.07, 6.45) is 0.0806. The van der Waals surface area contributed by atoms with Gasteiger partial charge in [-0.1, -0.05) is 0 Å². The molecule has 146 valence electrons. The number of carbonyl (C=O) groups excluding carboxylic acids is 2. The highest BCUT2D eigenvalue weighted by Crippen LogP contribution is 2.21. The minimum Gasteiger partial charge on any atom is -0.491 e. The van der Waals surface area contributed by atoms with Crippen LogP contribution in [0.25, 0.3) is 0 Å². The number of H-pyrrole nitrogens is 1. The molecular weight excluding hydrogens is 348 g/mol. The second kappa shape index (κ2) is 9.23. The second-order valence-electron chi connectivity index (χ2n) is 6.40. The van der Waals surface area contributed by atoms with Gasteiger partial charge in [0, 0.05) is 18.5 Å². The van der Waals surface area contributed by atoms with Crippen LogP contribution in [0.5, 0.6) is 5.75 Å². The Labute approximate surface area is 159 Å². The Kier molecular flexibility index (Phi) is 7.01. The van der Waals surface area contributed by atoms with E-state index < -0.39 is 5.97 Å². The van der Waals surface area contributed by atoms with Crippen molar-refractivity contribution in [1.82, 2.24) is 4.98 Å². The number of aromatic nitrogens is 1. The maximum absolute atomic E-state index is 12.6. The molecule has 0 aliphatic heterocycles. The Balaban J connectivity index is 2.10. The Bertz CT molecular complexity index is 793. The molecule has 0 saturated carbocycles. The van der Waals surface area contributed by atoms with E-state index in [1.807, 2.05) is 13.8 Å². The van der Waals surface area contributed by atoms with Crippen LogP contribution in [-0.2, 0) is 9.47 Å². The van der Waals surface area contributed by atoms with Gasteiger partial charge in [0.25, 0.3) is 5.91 Å². The Morgan fingerprint density at radius 1 is 1.11 bits per heavy atom. The minimum atomic E-state index is -0.479. The van der Waals surface area contributed by atoms with Gasteiger partial charge in [0.2, 0.25) is 0 Å². The molecule has 0 unspecified atom stereocenters. The summed E-state index contributed by atoms with van der Waals surface area (Å²) < 4.78 is 15.6. The highest BCUT2D eigenvalue weighted by molar-refractivity contribution is 6.06. The molecule has 0 aliphatic carbocycles. The zero-order chi connectivity index (χ0) is 20.0. The lowest BCUT2D eigenvalue weighted by molar-refractivity contribution is 0.0387. The number of esters is 1. The van der Waals surface area contributed by atoms with Crippen LogP contribution in [0.1, 0.15) is 46.0 Å². The summed E-state index contributed by atoms with van der Waals surface area (Å²) in [6, 6.07) is 7.11. The molecule has 0 aliphatic rings. The first kappa shape index (κ1) is 20.5. The largest absolute Gasteiger partial charge is 0.491 e. The first-order valence-electron chi connectivity index (χ1n) is 8.76. The van der Waals surface area contributed by atoms with Crippen molar-refractivity contribution in [2.75, 3.05) is 25.6 Å². The number of anilines is 1. The normalized spacial score (nSPS) is 10.7. The van der Waals surface area contributed by atoms with Gasteiger partial charge < -0.3 is 24.5 Å². The van der Waals surface area contributed by atoms with Crippen LogP contribution < -0.4 is 10.1 Å². The predicted molar refractivity (Wildman–Crippen MR) is 103 cm³/mol. The molecular formula is C20H26N2O5. The Hall–Kier alpha value is -2.80. The molecule has 1 amide bonds. The van der Waals surface area contributed by atoms with Gasteiger partial charge in [-0.05, 0) is 57.5 Å². The fourth-order valence-corrected chi connectivity index (χ4v) is 2.66. The standard InChI is InChI=1S/C20H26N2O5/c1-12(2)27-16-8-6-15(7-9-16)22-19(23)18-13(3)17(14(4)21-18)20(24)26-11-10-25-5/h6-9,12,21H,10-11H2,1-5H3,(H,22,23). The molecule has 7 heteroatoms. The van der Waals surface area contributed by atoms with E-state index in [4.69, 9.17) is 14.2 Å². The molecule has 7 nitrogen and oxygen atoms in total. The first-order chi connectivity index (χ1) is 12.8. The van der Waals surface area contributed by atoms with Crippen LogP contribution in [-0.4, -0.2) is 43.3 Å². The van der Waals surface area contributed by atoms with Crippen LogP contribution in [0.4, 0.5) is 5.69 Å². The number of methoxy groups -OCH3 is 1. The minimum absolute atomic E-state index is 0.0806. The van der Waals surface area contributed by atoms with E-state index in [1.165, 1.54) is 7.11 Å². The van der Waals surface area contributed by atoms with Crippen molar-refractivity contribution in [2.45, 2.75) is 33.8 Å². The van der Waals surface area contributed by atoms with Gasteiger partial charge in [0.1, 0.15) is 18.1 Å². The molecule has 1 heterocycles. The van der Waals surface area contributed by atoms with Crippen molar-refractivity contribution >= 4 is 17.6 Å². The van der Waals surface area contributed by atoms with E-state index in [0.29, 0.717) is 34.8 Å². The zero-order valence-electron chi connectivity index (χ0n) is 16.3. The summed E-state index contributed by atoms with van der Waals surface area (Å²) in [7, 11) is 1.53. The number of aromatic amines is 1. The molecule has 27 heavy (non-hydrogen) atoms. The molecule has 0 bridgehead atoms. The van der Waals surface area contributed by atoms with Crippen LogP contribution in [0.2, 0.25) is 0 Å². The molecule has 0 radical (unpaired) electrons. The van der Waals surface area contributed by atoms with Gasteiger partial charge in [-0.3, -0.25) is 4.79 Å². The SMILES string of the molecule is COCCOC(=O)c1c(C)[nH]c(C(=O)Nc2ccc(OC(C)C)cc2)c1C. The highest BCUT2D eigenvalue weighted by Gasteiger charge is 2.23. The summed E-state index contributed by atoms with van der Waals surface area (Å²) in [5.41, 5.74) is 2.46. The van der Waals surface area contributed by atoms with Crippen LogP contribution in [0, 0.1) is 13.8 Å². The molecule has 2 aromatic rings. The maximum Gasteiger partial charge on any atom is 0.340 e. The van der Waals surface area contributed by atoms with Crippen molar-refractivity contribution < 1.29 is 23.8 Å². The van der Waals surface area contributed by atoms with Gasteiger partial charge in [-0.15, -0.1) is 0 Å². The molecule has 0 fully saturated rings. The van der Waals surface area contributed by atoms with Gasteiger partial charge >= 0.3 is 5.97 Å². The van der Waals surface area contributed by atoms with Gasteiger partial charge in [-0.2, -0.15) is 0 Å². The molecule has 2 rings (SSSR count). The first-order valence-corrected chi connectivity index (χ1v) is 8.76. The number of hydrogen-bond donors (Lipinski definition) is 2. The van der Waals surface area contributed by atoms with Crippen LogP contribution in [0.3, 0.4) is 0 Å². The maximum atomic E-state index is 12.6. The average molecular weight is 374 g/mol. The van der Waals surface area contributed by atoms with Crippen molar-refractivity contribution in [3.05, 3.63) is 46.8 Å². The van der Waals surface area contributed by atoms with Crippen molar-refractivity contribution in [2.24, 2.45) is 0 Å². The number of amides is 1. The van der Waals surface area contributed by atoms with Crippen molar-refractivity contribution in [3.63, 3.8) is 0 Å². The van der Waals surface area contributed by atoms with Crippen LogP contribution in [0.15, 0.2) is 24.3 Å². The molecule has 1 aromatic heterocycles. The van der Waals surface area contributed by atoms with Gasteiger partial charge in [0.05, 0.1) is 18.3 Å². The topological polar surface area (TPSA) is 89.7 Å². The predicted octanol–water partition coefficient (Wildman–Crippen LogP) is 3.47. The Morgan fingerprint density at radius 2 is 1.78 bits per heavy atom. The number of carbonyl (C=O) groups is 2. The third kappa shape index (κ3) is 5.34. The Morgan fingerprint density at radius 3 is 2.37 bits per heavy atom. The monoisotopic (exact) mass is 374 g/mol. The molecule has 0 atom stereocenters. The number of hydrogen-bond acceptors (Lipinski definition) is 5. The van der Waals surface area contributed by atoms with Crippen LogP contribution >= 0.6 is 0 Å². The fourth-order valence-electron chi connectivity index (χ4n) is 2.66. The zero-order valence-corrected chi connectivity index (χ0v) is 16.3. The van der Waals surface area contributed by atoms with E-state index in [1.54, 1.807) is 38.1 Å². The van der Waals surface area contributed by atoms with Crippen molar-refractivity contribution in [3.8, 4) is 5.75 Å². The summed E-state index contributed by atoms with van der Waals surface area (Å²) in [6.45, 7) is 7.82. The number of ether oxygens (including phenoxy) is 3.